The second kappa shape index (κ2) is 4.72. The van der Waals surface area contributed by atoms with Gasteiger partial charge in [-0.15, -0.1) is 0 Å². The lowest BCUT2D eigenvalue weighted by atomic mass is 9.98. The highest BCUT2D eigenvalue weighted by molar-refractivity contribution is 5.00. The van der Waals surface area contributed by atoms with Crippen LogP contribution in [0, 0.1) is 5.92 Å². The van der Waals surface area contributed by atoms with Gasteiger partial charge in [-0.2, -0.15) is 4.98 Å². The molecule has 84 valence electrons. The predicted molar refractivity (Wildman–Crippen MR) is 54.7 cm³/mol. The van der Waals surface area contributed by atoms with Crippen LogP contribution in [0.1, 0.15) is 24.6 Å². The fourth-order valence-electron chi connectivity index (χ4n) is 1.85. The molecule has 15 heavy (non-hydrogen) atoms. The summed E-state index contributed by atoms with van der Waals surface area (Å²) in [6.45, 7) is 4.80. The number of hydrogen-bond donors (Lipinski definition) is 1. The van der Waals surface area contributed by atoms with Crippen LogP contribution >= 0.6 is 0 Å². The third kappa shape index (κ3) is 2.35. The van der Waals surface area contributed by atoms with Gasteiger partial charge < -0.3 is 14.6 Å². The largest absolute Gasteiger partial charge is 0.384 e. The zero-order valence-corrected chi connectivity index (χ0v) is 9.19. The third-order valence-corrected chi connectivity index (χ3v) is 2.85. The van der Waals surface area contributed by atoms with Crippen molar-refractivity contribution in [3.05, 3.63) is 11.7 Å². The van der Waals surface area contributed by atoms with Crippen LogP contribution in [0.4, 0.5) is 0 Å². The van der Waals surface area contributed by atoms with Crippen molar-refractivity contribution in [3.8, 4) is 0 Å². The van der Waals surface area contributed by atoms with Crippen LogP contribution in [-0.2, 0) is 11.2 Å². The summed E-state index contributed by atoms with van der Waals surface area (Å²) in [5.41, 5.74) is 0. The van der Waals surface area contributed by atoms with Gasteiger partial charge in [-0.25, -0.2) is 0 Å². The van der Waals surface area contributed by atoms with Crippen LogP contribution in [0.2, 0.25) is 0 Å². The molecule has 1 aliphatic heterocycles. The Bertz CT molecular complexity index is 313. The number of methoxy groups -OCH3 is 1. The lowest BCUT2D eigenvalue weighted by molar-refractivity contribution is 0.199. The fourth-order valence-corrected chi connectivity index (χ4v) is 1.85. The topological polar surface area (TPSA) is 60.2 Å². The SMILES string of the molecule is COCCc1noc([C@@H]2CNC[C@H]2C)n1. The lowest BCUT2D eigenvalue weighted by Crippen LogP contribution is -2.08. The van der Waals surface area contributed by atoms with Crippen molar-refractivity contribution in [1.29, 1.82) is 0 Å². The van der Waals surface area contributed by atoms with Crippen molar-refractivity contribution in [3.63, 3.8) is 0 Å². The van der Waals surface area contributed by atoms with Crippen LogP contribution < -0.4 is 5.32 Å². The van der Waals surface area contributed by atoms with E-state index in [2.05, 4.69) is 22.4 Å². The summed E-state index contributed by atoms with van der Waals surface area (Å²) in [6.07, 6.45) is 0.717. The zero-order valence-electron chi connectivity index (χ0n) is 9.19. The first-order chi connectivity index (χ1) is 7.31. The molecule has 5 nitrogen and oxygen atoms in total. The minimum atomic E-state index is 0.369. The van der Waals surface area contributed by atoms with Crippen LogP contribution in [-0.4, -0.2) is 36.9 Å². The summed E-state index contributed by atoms with van der Waals surface area (Å²) in [5, 5.41) is 7.26. The summed E-state index contributed by atoms with van der Waals surface area (Å²) in [7, 11) is 1.67. The Kier molecular flexibility index (Phi) is 3.33. The standard InChI is InChI=1S/C10H17N3O2/c1-7-5-11-6-8(7)10-12-9(13-15-10)3-4-14-2/h7-8,11H,3-6H2,1-2H3/t7-,8-/m1/s1. The van der Waals surface area contributed by atoms with Crippen LogP contribution in [0.15, 0.2) is 4.52 Å². The Hall–Kier alpha value is -0.940. The monoisotopic (exact) mass is 211 g/mol. The van der Waals surface area contributed by atoms with Crippen molar-refractivity contribution in [2.24, 2.45) is 5.92 Å². The van der Waals surface area contributed by atoms with Gasteiger partial charge in [-0.05, 0) is 12.5 Å². The van der Waals surface area contributed by atoms with Gasteiger partial charge in [0, 0.05) is 20.1 Å². The van der Waals surface area contributed by atoms with Crippen LogP contribution in [0.25, 0.3) is 0 Å². The van der Waals surface area contributed by atoms with Crippen molar-refractivity contribution >= 4 is 0 Å². The molecule has 0 spiro atoms. The zero-order chi connectivity index (χ0) is 10.7. The quantitative estimate of drug-likeness (QED) is 0.789. The molecule has 1 N–H and O–H groups in total. The molecule has 1 fully saturated rings. The summed E-state index contributed by atoms with van der Waals surface area (Å²) in [5.74, 6) is 2.44. The first-order valence-electron chi connectivity index (χ1n) is 5.33. The molecule has 1 aromatic heterocycles. The maximum atomic E-state index is 5.26. The molecule has 1 aliphatic rings. The third-order valence-electron chi connectivity index (χ3n) is 2.85. The number of nitrogens with one attached hydrogen (secondary N) is 1. The minimum Gasteiger partial charge on any atom is -0.384 e. The molecule has 0 bridgehead atoms. The molecule has 0 saturated carbocycles. The van der Waals surface area contributed by atoms with E-state index < -0.39 is 0 Å². The lowest BCUT2D eigenvalue weighted by Gasteiger charge is -2.07. The molecule has 5 heteroatoms. The van der Waals surface area contributed by atoms with Gasteiger partial charge >= 0.3 is 0 Å². The van der Waals surface area contributed by atoms with Gasteiger partial charge in [0.2, 0.25) is 5.89 Å². The fraction of sp³-hybridized carbons (Fsp3) is 0.800. The summed E-state index contributed by atoms with van der Waals surface area (Å²) < 4.78 is 10.2. The minimum absolute atomic E-state index is 0.369. The molecule has 0 radical (unpaired) electrons. The second-order valence-corrected chi connectivity index (χ2v) is 4.03. The van der Waals surface area contributed by atoms with E-state index in [1.807, 2.05) is 0 Å². The Balaban J connectivity index is 1.99. The Morgan fingerprint density at radius 3 is 3.07 bits per heavy atom. The Morgan fingerprint density at radius 1 is 1.53 bits per heavy atom. The maximum absolute atomic E-state index is 5.26. The predicted octanol–water partition coefficient (Wildman–Crippen LogP) is 0.581. The van der Waals surface area contributed by atoms with E-state index in [0.717, 1.165) is 24.8 Å². The number of rotatable bonds is 4. The van der Waals surface area contributed by atoms with Gasteiger partial charge in [0.25, 0.3) is 0 Å². The van der Waals surface area contributed by atoms with Gasteiger partial charge in [0.05, 0.1) is 12.5 Å². The van der Waals surface area contributed by atoms with Crippen molar-refractivity contribution < 1.29 is 9.26 Å². The summed E-state index contributed by atoms with van der Waals surface area (Å²) in [6, 6.07) is 0. The highest BCUT2D eigenvalue weighted by Gasteiger charge is 2.29. The van der Waals surface area contributed by atoms with E-state index in [9.17, 15) is 0 Å². The van der Waals surface area contributed by atoms with Crippen molar-refractivity contribution in [1.82, 2.24) is 15.5 Å². The molecule has 0 unspecified atom stereocenters. The molecule has 2 heterocycles. The average Bonchev–Trinajstić information content (AvgIpc) is 2.83. The van der Waals surface area contributed by atoms with E-state index in [-0.39, 0.29) is 0 Å². The van der Waals surface area contributed by atoms with E-state index in [1.54, 1.807) is 7.11 Å². The van der Waals surface area contributed by atoms with Gasteiger partial charge in [-0.3, -0.25) is 0 Å². The van der Waals surface area contributed by atoms with Crippen molar-refractivity contribution in [2.45, 2.75) is 19.3 Å². The van der Waals surface area contributed by atoms with E-state index in [4.69, 9.17) is 9.26 Å². The molecule has 2 rings (SSSR count). The molecule has 1 saturated heterocycles. The van der Waals surface area contributed by atoms with Gasteiger partial charge in [0.15, 0.2) is 5.82 Å². The first-order valence-corrected chi connectivity index (χ1v) is 5.33. The Morgan fingerprint density at radius 2 is 2.40 bits per heavy atom. The van der Waals surface area contributed by atoms with E-state index in [0.29, 0.717) is 24.9 Å². The maximum Gasteiger partial charge on any atom is 0.231 e. The first kappa shape index (κ1) is 10.6. The average molecular weight is 211 g/mol. The molecule has 0 aliphatic carbocycles. The van der Waals surface area contributed by atoms with Gasteiger partial charge in [0.1, 0.15) is 0 Å². The Labute approximate surface area is 89.2 Å². The molecular formula is C10H17N3O2. The van der Waals surface area contributed by atoms with Crippen LogP contribution in [0.3, 0.4) is 0 Å². The number of hydrogen-bond acceptors (Lipinski definition) is 5. The molecule has 1 aromatic rings. The number of nitrogens with zero attached hydrogens (tertiary/aromatic N) is 2. The second-order valence-electron chi connectivity index (χ2n) is 4.03. The van der Waals surface area contributed by atoms with Gasteiger partial charge in [-0.1, -0.05) is 12.1 Å². The van der Waals surface area contributed by atoms with E-state index >= 15 is 0 Å². The molecule has 2 atom stereocenters. The summed E-state index contributed by atoms with van der Waals surface area (Å²) in [4.78, 5) is 4.38. The summed E-state index contributed by atoms with van der Waals surface area (Å²) >= 11 is 0. The highest BCUT2D eigenvalue weighted by atomic mass is 16.5. The molecule has 0 aromatic carbocycles. The molecule has 0 amide bonds. The van der Waals surface area contributed by atoms with Crippen LogP contribution in [0.5, 0.6) is 0 Å². The number of ether oxygens (including phenoxy) is 1. The highest BCUT2D eigenvalue weighted by Crippen LogP contribution is 2.25. The number of aromatic nitrogens is 2. The van der Waals surface area contributed by atoms with Crippen molar-refractivity contribution in [2.75, 3.05) is 26.8 Å². The smallest absolute Gasteiger partial charge is 0.231 e. The van der Waals surface area contributed by atoms with E-state index in [1.165, 1.54) is 0 Å². The molecular weight excluding hydrogens is 194 g/mol. The normalized spacial score (nSPS) is 26.0.